The Morgan fingerprint density at radius 1 is 0.165 bits per heavy atom. The van der Waals surface area contributed by atoms with E-state index in [2.05, 4.69) is 41.5 Å². The summed E-state index contributed by atoms with van der Waals surface area (Å²) in [5.41, 5.74) is -1.50. The summed E-state index contributed by atoms with van der Waals surface area (Å²) in [6.45, 7) is 15.0. The maximum absolute atomic E-state index is 7.94. The molecule has 0 spiro atoms. The average Bonchev–Trinajstić information content (AvgIpc) is 0.762. The average molecular weight is 1600 g/mol. The molecule has 0 aromatic heterocycles. The molecule has 0 aliphatic heterocycles. The first-order valence-electron chi connectivity index (χ1n) is 50.4. The molecule has 0 aromatic carbocycles. The van der Waals surface area contributed by atoms with Crippen molar-refractivity contribution in [2.24, 2.45) is 5.41 Å². The molecule has 0 rings (SSSR count). The molecule has 0 saturated carbocycles. The van der Waals surface area contributed by atoms with E-state index in [1.54, 1.807) is 0 Å². The van der Waals surface area contributed by atoms with Gasteiger partial charge in [0.1, 0.15) is 30.8 Å². The van der Waals surface area contributed by atoms with E-state index in [0.29, 0.717) is 35.0 Å². The maximum atomic E-state index is 7.94. The quantitative estimate of drug-likeness (QED) is 0.0441. The van der Waals surface area contributed by atoms with Crippen LogP contribution >= 0.6 is 48.9 Å². The van der Waals surface area contributed by atoms with Crippen LogP contribution in [0.15, 0.2) is 0 Å². The van der Waals surface area contributed by atoms with Crippen molar-refractivity contribution in [2.45, 2.75) is 599 Å². The lowest BCUT2D eigenvalue weighted by molar-refractivity contribution is -0.146. The van der Waals surface area contributed by atoms with E-state index in [1.165, 1.54) is 475 Å². The molecule has 648 valence electrons. The number of hydrogen-bond acceptors (Lipinski definition) is 8. The minimum atomic E-state index is -0.777. The monoisotopic (exact) mass is 1600 g/mol. The number of thiocarbonyl (C=S) groups is 4. The summed E-state index contributed by atoms with van der Waals surface area (Å²) in [5, 5.41) is 2.91. The van der Waals surface area contributed by atoms with Crippen LogP contribution in [0.4, 0.5) is 0 Å². The van der Waals surface area contributed by atoms with Crippen molar-refractivity contribution in [3.63, 3.8) is 0 Å². The summed E-state index contributed by atoms with van der Waals surface area (Å²) in [7, 11) is 0. The van der Waals surface area contributed by atoms with E-state index >= 15 is 0 Å². The largest absolute Gasteiger partial charge is 0.486 e. The second kappa shape index (κ2) is 89.9. The minimum Gasteiger partial charge on any atom is -0.486 e. The van der Waals surface area contributed by atoms with Crippen LogP contribution in [0, 0.1) is 5.41 Å². The maximum Gasteiger partial charge on any atom is 0.160 e. The van der Waals surface area contributed by atoms with Gasteiger partial charge in [0.15, 0.2) is 20.2 Å². The zero-order valence-electron chi connectivity index (χ0n) is 75.2. The second-order valence-electron chi connectivity index (χ2n) is 35.4. The molecule has 0 radical (unpaired) electrons. The first-order chi connectivity index (χ1) is 53.7. The van der Waals surface area contributed by atoms with E-state index in [-0.39, 0.29) is 0 Å². The van der Waals surface area contributed by atoms with Crippen molar-refractivity contribution in [2.75, 3.05) is 19.8 Å². The van der Waals surface area contributed by atoms with E-state index < -0.39 is 11.0 Å². The standard InChI is InChI=1S/C101H196O4S4/c1-7-13-19-25-31-37-43-49-51-53-55-61-67-73-79-85-91-101(105-99(109)90-84-78-72-66-60-48-42-36-30-24-18-12-6,92-86-80-74-68-62-56-54-52-50-44-38-32-26-20-14-8-2)100(93-102-96(106)87-81-75-69-63-57-45-39-33-27-21-15-9-3,94-103-97(107)88-82-76-70-64-58-46-40-34-28-22-16-10-4)95-104-98(108)89-83-77-71-65-59-47-41-35-29-23-17-11-5/h7-95H2,1-6H3. The van der Waals surface area contributed by atoms with Crippen LogP contribution in [0.2, 0.25) is 0 Å². The summed E-state index contributed by atoms with van der Waals surface area (Å²) in [4.78, 5) is 0. The van der Waals surface area contributed by atoms with Gasteiger partial charge in [-0.3, -0.25) is 0 Å². The molecule has 0 aliphatic carbocycles. The summed E-state index contributed by atoms with van der Waals surface area (Å²) < 4.78 is 29.6. The third-order valence-electron chi connectivity index (χ3n) is 24.6. The molecule has 4 nitrogen and oxygen atoms in total. The van der Waals surface area contributed by atoms with Gasteiger partial charge in [0.2, 0.25) is 0 Å². The summed E-state index contributed by atoms with van der Waals surface area (Å²) in [6, 6.07) is 0. The molecule has 0 atom stereocenters. The molecule has 0 saturated heterocycles. The lowest BCUT2D eigenvalue weighted by Crippen LogP contribution is -2.59. The molecular formula is C101H196O4S4. The Labute approximate surface area is 707 Å². The second-order valence-corrected chi connectivity index (χ2v) is 37.2. The molecular weight excluding hydrogens is 1410 g/mol. The Balaban J connectivity index is 7.36. The van der Waals surface area contributed by atoms with E-state index in [1.807, 2.05) is 0 Å². The van der Waals surface area contributed by atoms with Gasteiger partial charge in [0.05, 0.1) is 0 Å². The fourth-order valence-electron chi connectivity index (χ4n) is 16.9. The van der Waals surface area contributed by atoms with Gasteiger partial charge in [-0.25, -0.2) is 0 Å². The van der Waals surface area contributed by atoms with Crippen LogP contribution in [-0.4, -0.2) is 45.6 Å². The molecule has 109 heavy (non-hydrogen) atoms. The van der Waals surface area contributed by atoms with Crippen LogP contribution in [0.1, 0.15) is 594 Å². The van der Waals surface area contributed by atoms with Gasteiger partial charge in [-0.2, -0.15) is 0 Å². The van der Waals surface area contributed by atoms with E-state index in [4.69, 9.17) is 67.8 Å². The van der Waals surface area contributed by atoms with Crippen molar-refractivity contribution < 1.29 is 18.9 Å². The van der Waals surface area contributed by atoms with Crippen LogP contribution in [-0.2, 0) is 18.9 Å². The summed E-state index contributed by atoms with van der Waals surface area (Å²) in [5.74, 6) is 0. The first kappa shape index (κ1) is 109. The third kappa shape index (κ3) is 76.0. The van der Waals surface area contributed by atoms with Gasteiger partial charge in [-0.15, -0.1) is 0 Å². The molecule has 8 heteroatoms. The topological polar surface area (TPSA) is 36.9 Å². The van der Waals surface area contributed by atoms with E-state index in [9.17, 15) is 0 Å². The highest BCUT2D eigenvalue weighted by Crippen LogP contribution is 2.46. The number of unbranched alkanes of at least 4 members (excludes halogenated alkanes) is 74. The fraction of sp³-hybridized carbons (Fsp3) is 0.960. The van der Waals surface area contributed by atoms with Gasteiger partial charge in [0, 0.05) is 25.7 Å². The van der Waals surface area contributed by atoms with Crippen molar-refractivity contribution in [1.82, 2.24) is 0 Å². The van der Waals surface area contributed by atoms with Gasteiger partial charge in [-0.05, 0) is 100 Å². The molecule has 0 unspecified atom stereocenters. The highest BCUT2D eigenvalue weighted by atomic mass is 32.1. The van der Waals surface area contributed by atoms with Gasteiger partial charge in [-0.1, -0.05) is 517 Å². The summed E-state index contributed by atoms with van der Waals surface area (Å²) in [6.07, 6.45) is 111. The number of hydrogen-bond donors (Lipinski definition) is 0. The smallest absolute Gasteiger partial charge is 0.160 e. The van der Waals surface area contributed by atoms with Gasteiger partial charge in [0.25, 0.3) is 0 Å². The van der Waals surface area contributed by atoms with Gasteiger partial charge >= 0.3 is 0 Å². The van der Waals surface area contributed by atoms with Gasteiger partial charge < -0.3 is 18.9 Å². The fourth-order valence-corrected chi connectivity index (χ4v) is 17.8. The predicted octanol–water partition coefficient (Wildman–Crippen LogP) is 37.8. The van der Waals surface area contributed by atoms with Crippen molar-refractivity contribution in [3.05, 3.63) is 0 Å². The molecule has 0 heterocycles. The van der Waals surface area contributed by atoms with E-state index in [0.717, 1.165) is 82.1 Å². The Hall–Kier alpha value is -0.440. The molecule has 0 fully saturated rings. The zero-order chi connectivity index (χ0) is 79.1. The summed E-state index contributed by atoms with van der Waals surface area (Å²) >= 11 is 25.8. The third-order valence-corrected chi connectivity index (χ3v) is 25.9. The van der Waals surface area contributed by atoms with Crippen molar-refractivity contribution in [3.8, 4) is 0 Å². The molecule has 0 aliphatic rings. The normalized spacial score (nSPS) is 11.9. The van der Waals surface area contributed by atoms with Crippen LogP contribution < -0.4 is 0 Å². The number of rotatable bonds is 94. The Kier molecular flexibility index (Phi) is 89.5. The van der Waals surface area contributed by atoms with Crippen LogP contribution in [0.25, 0.3) is 0 Å². The SMILES string of the molecule is CCCCCCCCCCCCCCCCCCC(CCCCCCCCCCCCCCCCCC)(OC(=S)CCCCCCCCCCCCCC)C(COC(=S)CCCCCCCCCCCCCC)(COC(=S)CCCCCCCCCCCCCC)COC(=S)CCCCCCCCCCCCCC. The Morgan fingerprint density at radius 2 is 0.294 bits per heavy atom. The molecule has 0 aromatic rings. The number of ether oxygens (including phenoxy) is 4. The predicted molar refractivity (Wildman–Crippen MR) is 506 cm³/mol. The van der Waals surface area contributed by atoms with Crippen molar-refractivity contribution >= 4 is 69.1 Å². The first-order valence-corrected chi connectivity index (χ1v) is 52.0. The Morgan fingerprint density at radius 3 is 0.450 bits per heavy atom. The highest BCUT2D eigenvalue weighted by Gasteiger charge is 2.56. The van der Waals surface area contributed by atoms with Crippen LogP contribution in [0.3, 0.4) is 0 Å². The lowest BCUT2D eigenvalue weighted by atomic mass is 9.67. The molecule has 0 bridgehead atoms. The van der Waals surface area contributed by atoms with Crippen LogP contribution in [0.5, 0.6) is 0 Å². The lowest BCUT2D eigenvalue weighted by Gasteiger charge is -2.50. The highest BCUT2D eigenvalue weighted by molar-refractivity contribution is 7.80. The zero-order valence-corrected chi connectivity index (χ0v) is 78.5. The Bertz CT molecular complexity index is 1690. The molecule has 0 amide bonds. The van der Waals surface area contributed by atoms with Crippen molar-refractivity contribution in [1.29, 1.82) is 0 Å². The molecule has 0 N–H and O–H groups in total. The minimum absolute atomic E-state index is 0.353.